The van der Waals surface area contributed by atoms with Crippen LogP contribution in [0.15, 0.2) is 54.2 Å². The number of carbonyl (C=O) groups is 1. The monoisotopic (exact) mass is 327 g/mol. The molecule has 3 aromatic rings. The van der Waals surface area contributed by atoms with Crippen molar-refractivity contribution in [2.75, 3.05) is 7.11 Å². The van der Waals surface area contributed by atoms with Crippen LogP contribution in [0.2, 0.25) is 0 Å². The Labute approximate surface area is 138 Å². The van der Waals surface area contributed by atoms with Crippen LogP contribution in [0.4, 0.5) is 0 Å². The highest BCUT2D eigenvalue weighted by molar-refractivity contribution is 7.12. The maximum atomic E-state index is 12.0. The molecule has 0 atom stereocenters. The van der Waals surface area contributed by atoms with Crippen LogP contribution < -0.4 is 10.1 Å². The van der Waals surface area contributed by atoms with Crippen molar-refractivity contribution in [2.45, 2.75) is 13.0 Å². The molecule has 0 aliphatic rings. The Morgan fingerprint density at radius 1 is 1.26 bits per heavy atom. The van der Waals surface area contributed by atoms with Gasteiger partial charge in [0.25, 0.3) is 0 Å². The molecular weight excluding hydrogens is 310 g/mol. The topological polar surface area (TPSA) is 56.1 Å². The summed E-state index contributed by atoms with van der Waals surface area (Å²) in [5.41, 5.74) is 1.82. The van der Waals surface area contributed by atoms with Gasteiger partial charge in [0, 0.05) is 24.3 Å². The van der Waals surface area contributed by atoms with Gasteiger partial charge in [-0.2, -0.15) is 0 Å². The standard InChI is InChI=1S/C17H17N3O2S/c1-22-15-6-4-13(5-7-15)11-18-16(21)10-14-12-23-17(19-14)20-8-2-3-9-20/h2-9,12H,10-11H2,1H3,(H,18,21). The van der Waals surface area contributed by atoms with Crippen molar-refractivity contribution in [3.05, 3.63) is 65.4 Å². The van der Waals surface area contributed by atoms with Gasteiger partial charge in [0.15, 0.2) is 5.13 Å². The van der Waals surface area contributed by atoms with E-state index in [9.17, 15) is 4.79 Å². The zero-order valence-corrected chi connectivity index (χ0v) is 13.5. The molecular formula is C17H17N3O2S. The molecule has 3 rings (SSSR count). The van der Waals surface area contributed by atoms with Gasteiger partial charge in [-0.25, -0.2) is 4.98 Å². The van der Waals surface area contributed by atoms with Gasteiger partial charge >= 0.3 is 0 Å². The molecule has 23 heavy (non-hydrogen) atoms. The molecule has 0 unspecified atom stereocenters. The number of hydrogen-bond donors (Lipinski definition) is 1. The minimum Gasteiger partial charge on any atom is -0.497 e. The van der Waals surface area contributed by atoms with E-state index in [2.05, 4.69) is 10.3 Å². The summed E-state index contributed by atoms with van der Waals surface area (Å²) in [5, 5.41) is 5.69. The van der Waals surface area contributed by atoms with Crippen molar-refractivity contribution in [3.63, 3.8) is 0 Å². The van der Waals surface area contributed by atoms with Crippen LogP contribution in [0.1, 0.15) is 11.3 Å². The third kappa shape index (κ3) is 3.98. The predicted octanol–water partition coefficient (Wildman–Crippen LogP) is 2.80. The number of hydrogen-bond acceptors (Lipinski definition) is 4. The molecule has 0 saturated carbocycles. The average molecular weight is 327 g/mol. The number of benzene rings is 1. The molecule has 2 heterocycles. The van der Waals surface area contributed by atoms with Gasteiger partial charge in [-0.05, 0) is 29.8 Å². The van der Waals surface area contributed by atoms with Crippen LogP contribution in [0.25, 0.3) is 5.13 Å². The summed E-state index contributed by atoms with van der Waals surface area (Å²) in [5.74, 6) is 0.769. The number of methoxy groups -OCH3 is 1. The highest BCUT2D eigenvalue weighted by atomic mass is 32.1. The molecule has 0 spiro atoms. The van der Waals surface area contributed by atoms with Crippen molar-refractivity contribution in [2.24, 2.45) is 0 Å². The lowest BCUT2D eigenvalue weighted by atomic mass is 10.2. The molecule has 0 radical (unpaired) electrons. The Morgan fingerprint density at radius 3 is 2.70 bits per heavy atom. The Morgan fingerprint density at radius 2 is 2.00 bits per heavy atom. The van der Waals surface area contributed by atoms with E-state index in [1.54, 1.807) is 7.11 Å². The first kappa shape index (κ1) is 15.3. The lowest BCUT2D eigenvalue weighted by Crippen LogP contribution is -2.24. The number of ether oxygens (including phenoxy) is 1. The number of nitrogens with zero attached hydrogens (tertiary/aromatic N) is 2. The van der Waals surface area contributed by atoms with Crippen molar-refractivity contribution < 1.29 is 9.53 Å². The first-order chi connectivity index (χ1) is 11.2. The number of carbonyl (C=O) groups excluding carboxylic acids is 1. The number of aromatic nitrogens is 2. The molecule has 0 aliphatic carbocycles. The molecule has 0 fully saturated rings. The zero-order chi connectivity index (χ0) is 16.1. The summed E-state index contributed by atoms with van der Waals surface area (Å²) < 4.78 is 7.04. The third-order valence-electron chi connectivity index (χ3n) is 3.36. The largest absolute Gasteiger partial charge is 0.497 e. The van der Waals surface area contributed by atoms with E-state index in [4.69, 9.17) is 4.74 Å². The lowest BCUT2D eigenvalue weighted by Gasteiger charge is -2.05. The van der Waals surface area contributed by atoms with E-state index in [0.29, 0.717) is 6.54 Å². The van der Waals surface area contributed by atoms with Crippen molar-refractivity contribution in [3.8, 4) is 10.9 Å². The highest BCUT2D eigenvalue weighted by Gasteiger charge is 2.08. The van der Waals surface area contributed by atoms with Crippen molar-refractivity contribution >= 4 is 17.2 Å². The Hall–Kier alpha value is -2.60. The number of amides is 1. The second kappa shape index (κ2) is 7.11. The lowest BCUT2D eigenvalue weighted by molar-refractivity contribution is -0.120. The first-order valence-electron chi connectivity index (χ1n) is 7.22. The molecule has 0 bridgehead atoms. The third-order valence-corrected chi connectivity index (χ3v) is 4.26. The van der Waals surface area contributed by atoms with Crippen molar-refractivity contribution in [1.29, 1.82) is 0 Å². The Balaban J connectivity index is 1.53. The van der Waals surface area contributed by atoms with Gasteiger partial charge in [0.05, 0.1) is 19.2 Å². The maximum Gasteiger partial charge on any atom is 0.226 e. The van der Waals surface area contributed by atoms with Crippen LogP contribution in [0.5, 0.6) is 5.75 Å². The fourth-order valence-electron chi connectivity index (χ4n) is 2.13. The quantitative estimate of drug-likeness (QED) is 0.757. The van der Waals surface area contributed by atoms with Gasteiger partial charge in [-0.3, -0.25) is 4.79 Å². The summed E-state index contributed by atoms with van der Waals surface area (Å²) in [6.45, 7) is 0.497. The summed E-state index contributed by atoms with van der Waals surface area (Å²) in [6.07, 6.45) is 4.16. The van der Waals surface area contributed by atoms with Gasteiger partial charge in [0.2, 0.25) is 5.91 Å². The molecule has 0 saturated heterocycles. The molecule has 5 nitrogen and oxygen atoms in total. The zero-order valence-electron chi connectivity index (χ0n) is 12.7. The van der Waals surface area contributed by atoms with E-state index in [-0.39, 0.29) is 12.3 Å². The van der Waals surface area contributed by atoms with Gasteiger partial charge in [0.1, 0.15) is 5.75 Å². The smallest absolute Gasteiger partial charge is 0.226 e. The number of rotatable bonds is 6. The summed E-state index contributed by atoms with van der Waals surface area (Å²) in [7, 11) is 1.63. The van der Waals surface area contributed by atoms with Crippen LogP contribution >= 0.6 is 11.3 Å². The second-order valence-corrected chi connectivity index (χ2v) is 5.85. The second-order valence-electron chi connectivity index (χ2n) is 5.01. The van der Waals surface area contributed by atoms with Crippen LogP contribution in [-0.4, -0.2) is 22.6 Å². The fraction of sp³-hybridized carbons (Fsp3) is 0.176. The summed E-state index contributed by atoms with van der Waals surface area (Å²) in [4.78, 5) is 16.5. The van der Waals surface area contributed by atoms with E-state index < -0.39 is 0 Å². The van der Waals surface area contributed by atoms with Crippen LogP contribution in [0.3, 0.4) is 0 Å². The first-order valence-corrected chi connectivity index (χ1v) is 8.10. The number of nitrogens with one attached hydrogen (secondary N) is 1. The molecule has 0 aliphatic heterocycles. The fourth-order valence-corrected chi connectivity index (χ4v) is 2.92. The molecule has 1 N–H and O–H groups in total. The normalized spacial score (nSPS) is 10.5. The van der Waals surface area contributed by atoms with Gasteiger partial charge < -0.3 is 14.6 Å². The summed E-state index contributed by atoms with van der Waals surface area (Å²) >= 11 is 1.53. The maximum absolute atomic E-state index is 12.0. The van der Waals surface area contributed by atoms with E-state index in [0.717, 1.165) is 22.1 Å². The Bertz CT molecular complexity index is 764. The predicted molar refractivity (Wildman–Crippen MR) is 90.0 cm³/mol. The molecule has 1 aromatic carbocycles. The van der Waals surface area contributed by atoms with Crippen LogP contribution in [0, 0.1) is 0 Å². The van der Waals surface area contributed by atoms with E-state index in [1.165, 1.54) is 11.3 Å². The Kier molecular flexibility index (Phi) is 4.73. The molecule has 6 heteroatoms. The average Bonchev–Trinajstić information content (AvgIpc) is 3.24. The van der Waals surface area contributed by atoms with E-state index >= 15 is 0 Å². The van der Waals surface area contributed by atoms with Crippen LogP contribution in [-0.2, 0) is 17.8 Å². The molecule has 2 aromatic heterocycles. The highest BCUT2D eigenvalue weighted by Crippen LogP contribution is 2.15. The molecule has 1 amide bonds. The SMILES string of the molecule is COc1ccc(CNC(=O)Cc2csc(-n3cccc3)n2)cc1. The molecule has 118 valence electrons. The number of thiazole rings is 1. The van der Waals surface area contributed by atoms with E-state index in [1.807, 2.05) is 58.7 Å². The van der Waals surface area contributed by atoms with Gasteiger partial charge in [-0.15, -0.1) is 11.3 Å². The summed E-state index contributed by atoms with van der Waals surface area (Å²) in [6, 6.07) is 11.5. The minimum absolute atomic E-state index is 0.0369. The minimum atomic E-state index is -0.0369. The van der Waals surface area contributed by atoms with Crippen molar-refractivity contribution in [1.82, 2.24) is 14.9 Å². The van der Waals surface area contributed by atoms with Gasteiger partial charge in [-0.1, -0.05) is 12.1 Å².